The Labute approximate surface area is 255 Å². The van der Waals surface area contributed by atoms with Gasteiger partial charge in [0, 0.05) is 12.5 Å². The van der Waals surface area contributed by atoms with Gasteiger partial charge in [-0.15, -0.1) is 0 Å². The molecule has 1 aliphatic rings. The summed E-state index contributed by atoms with van der Waals surface area (Å²) in [4.78, 5) is 55.4. The molecule has 234 valence electrons. The summed E-state index contributed by atoms with van der Waals surface area (Å²) in [5, 5.41) is 5.48. The van der Waals surface area contributed by atoms with Gasteiger partial charge in [-0.3, -0.25) is 9.59 Å². The van der Waals surface area contributed by atoms with Gasteiger partial charge in [0.2, 0.25) is 11.8 Å². The lowest BCUT2D eigenvalue weighted by Crippen LogP contribution is -2.56. The molecule has 0 saturated heterocycles. The summed E-state index contributed by atoms with van der Waals surface area (Å²) in [7, 11) is 0. The molecule has 0 heterocycles. The van der Waals surface area contributed by atoms with E-state index < -0.39 is 47.2 Å². The molecule has 0 aromatic heterocycles. The molecule has 9 heteroatoms. The number of alkyl carbamates (subject to hydrolysis) is 1. The molecular weight excluding hydrogens is 546 g/mol. The molecule has 0 radical (unpaired) electrons. The molecule has 1 fully saturated rings. The van der Waals surface area contributed by atoms with Crippen LogP contribution in [-0.4, -0.2) is 58.6 Å². The van der Waals surface area contributed by atoms with Gasteiger partial charge in [0.1, 0.15) is 29.8 Å². The fraction of sp³-hybridized carbons (Fsp3) is 0.529. The number of carbonyl (C=O) groups excluding carboxylic acids is 4. The van der Waals surface area contributed by atoms with Gasteiger partial charge in [0.05, 0.1) is 0 Å². The fourth-order valence-corrected chi connectivity index (χ4v) is 4.82. The average Bonchev–Trinajstić information content (AvgIpc) is 2.86. The zero-order valence-electron chi connectivity index (χ0n) is 26.8. The van der Waals surface area contributed by atoms with Crippen LogP contribution in [0.25, 0.3) is 0 Å². The Balaban J connectivity index is 1.98. The predicted molar refractivity (Wildman–Crippen MR) is 165 cm³/mol. The monoisotopic (exact) mass is 593 g/mol. The number of aryl methyl sites for hydroxylation is 2. The number of ether oxygens (including phenoxy) is 2. The highest BCUT2D eigenvalue weighted by atomic mass is 16.6. The highest BCUT2D eigenvalue weighted by Gasteiger charge is 2.40. The molecule has 3 rings (SSSR count). The molecule has 43 heavy (non-hydrogen) atoms. The van der Waals surface area contributed by atoms with Crippen LogP contribution in [0.3, 0.4) is 0 Å². The van der Waals surface area contributed by atoms with Crippen LogP contribution in [0.1, 0.15) is 89.1 Å². The summed E-state index contributed by atoms with van der Waals surface area (Å²) >= 11 is 0. The van der Waals surface area contributed by atoms with Crippen molar-refractivity contribution in [3.63, 3.8) is 0 Å². The minimum absolute atomic E-state index is 0.195. The van der Waals surface area contributed by atoms with Gasteiger partial charge in [-0.25, -0.2) is 9.59 Å². The third-order valence-electron chi connectivity index (χ3n) is 7.20. The molecule has 1 saturated carbocycles. The van der Waals surface area contributed by atoms with Gasteiger partial charge in [-0.05, 0) is 96.9 Å². The van der Waals surface area contributed by atoms with E-state index in [0.29, 0.717) is 5.56 Å². The van der Waals surface area contributed by atoms with Gasteiger partial charge in [0.15, 0.2) is 0 Å². The van der Waals surface area contributed by atoms with Crippen LogP contribution < -0.4 is 10.6 Å². The maximum absolute atomic E-state index is 14.3. The van der Waals surface area contributed by atoms with Gasteiger partial charge in [0.25, 0.3) is 0 Å². The molecule has 0 spiro atoms. The van der Waals surface area contributed by atoms with Crippen molar-refractivity contribution in [2.24, 2.45) is 0 Å². The summed E-state index contributed by atoms with van der Waals surface area (Å²) in [6, 6.07) is 12.8. The lowest BCUT2D eigenvalue weighted by molar-refractivity contribution is -0.159. The Morgan fingerprint density at radius 2 is 1.51 bits per heavy atom. The predicted octanol–water partition coefficient (Wildman–Crippen LogP) is 5.32. The van der Waals surface area contributed by atoms with E-state index in [2.05, 4.69) is 10.6 Å². The Morgan fingerprint density at radius 3 is 2.05 bits per heavy atom. The largest absolute Gasteiger partial charge is 0.458 e. The van der Waals surface area contributed by atoms with Crippen LogP contribution >= 0.6 is 0 Å². The molecule has 0 bridgehead atoms. The summed E-state index contributed by atoms with van der Waals surface area (Å²) < 4.78 is 11.0. The van der Waals surface area contributed by atoms with Crippen molar-refractivity contribution >= 4 is 23.9 Å². The van der Waals surface area contributed by atoms with Crippen LogP contribution in [0.5, 0.6) is 0 Å². The maximum Gasteiger partial charge on any atom is 0.408 e. The van der Waals surface area contributed by atoms with E-state index in [-0.39, 0.29) is 19.0 Å². The molecule has 3 amide bonds. The quantitative estimate of drug-likeness (QED) is 0.361. The second-order valence-corrected chi connectivity index (χ2v) is 13.3. The van der Waals surface area contributed by atoms with E-state index in [1.807, 2.05) is 62.4 Å². The molecule has 2 aromatic rings. The van der Waals surface area contributed by atoms with E-state index in [4.69, 9.17) is 9.47 Å². The summed E-state index contributed by atoms with van der Waals surface area (Å²) in [5.41, 5.74) is 2.02. The normalized spacial score (nSPS) is 15.0. The SMILES string of the molecule is Cc1ccc(C(C(=O)NC(Cc2ccccc2)C(=O)OC(C)(C)C)N(C(=O)CNC(=O)OC(C)(C)C)C2CCC2)cc1C. The van der Waals surface area contributed by atoms with Crippen molar-refractivity contribution < 1.29 is 28.7 Å². The van der Waals surface area contributed by atoms with E-state index in [1.54, 1.807) is 46.4 Å². The second-order valence-electron chi connectivity index (χ2n) is 13.3. The van der Waals surface area contributed by atoms with Gasteiger partial charge in [-0.2, -0.15) is 0 Å². The Bertz CT molecular complexity index is 1290. The Kier molecular flexibility index (Phi) is 11.0. The fourth-order valence-electron chi connectivity index (χ4n) is 4.82. The first-order chi connectivity index (χ1) is 20.0. The molecule has 1 aliphatic carbocycles. The molecule has 2 unspecified atom stereocenters. The van der Waals surface area contributed by atoms with E-state index in [1.165, 1.54) is 0 Å². The van der Waals surface area contributed by atoms with E-state index in [0.717, 1.165) is 36.0 Å². The van der Waals surface area contributed by atoms with Gasteiger partial charge >= 0.3 is 12.1 Å². The number of carbonyl (C=O) groups is 4. The van der Waals surface area contributed by atoms with Crippen molar-refractivity contribution in [3.8, 4) is 0 Å². The molecule has 9 nitrogen and oxygen atoms in total. The minimum Gasteiger partial charge on any atom is -0.458 e. The van der Waals surface area contributed by atoms with Crippen LogP contribution in [0.2, 0.25) is 0 Å². The zero-order valence-corrected chi connectivity index (χ0v) is 26.8. The Hall–Kier alpha value is -3.88. The Morgan fingerprint density at radius 1 is 0.884 bits per heavy atom. The number of benzene rings is 2. The number of amides is 3. The summed E-state index contributed by atoms with van der Waals surface area (Å²) in [5.74, 6) is -1.46. The van der Waals surface area contributed by atoms with Crippen LogP contribution in [0.15, 0.2) is 48.5 Å². The second kappa shape index (κ2) is 14.1. The van der Waals surface area contributed by atoms with E-state index >= 15 is 0 Å². The van der Waals surface area contributed by atoms with Crippen molar-refractivity contribution in [1.82, 2.24) is 15.5 Å². The lowest BCUT2D eigenvalue weighted by atomic mass is 9.88. The number of hydrogen-bond donors (Lipinski definition) is 2. The topological polar surface area (TPSA) is 114 Å². The van der Waals surface area contributed by atoms with Crippen LogP contribution in [0, 0.1) is 13.8 Å². The van der Waals surface area contributed by atoms with Crippen LogP contribution in [0.4, 0.5) is 4.79 Å². The van der Waals surface area contributed by atoms with E-state index in [9.17, 15) is 19.2 Å². The number of nitrogens with zero attached hydrogens (tertiary/aromatic N) is 1. The zero-order chi connectivity index (χ0) is 31.9. The number of nitrogens with one attached hydrogen (secondary N) is 2. The van der Waals surface area contributed by atoms with Gasteiger partial charge in [-0.1, -0.05) is 48.5 Å². The van der Waals surface area contributed by atoms with Crippen molar-refractivity contribution in [1.29, 1.82) is 0 Å². The third-order valence-corrected chi connectivity index (χ3v) is 7.20. The average molecular weight is 594 g/mol. The number of rotatable bonds is 10. The molecule has 2 N–H and O–H groups in total. The lowest BCUT2D eigenvalue weighted by Gasteiger charge is -2.42. The first kappa shape index (κ1) is 33.6. The highest BCUT2D eigenvalue weighted by molar-refractivity contribution is 5.93. The molecule has 2 atom stereocenters. The molecule has 0 aliphatic heterocycles. The summed E-state index contributed by atoms with van der Waals surface area (Å²) in [6.07, 6.45) is 1.88. The standard InChI is InChI=1S/C34H47N3O6/c1-22-17-18-25(19-23(22)2)29(37(26-15-12-16-26)28(38)21-35-32(41)43-34(6,7)8)30(39)36-27(31(40)42-33(3,4)5)20-24-13-10-9-11-14-24/h9-11,13-14,17-19,26-27,29H,12,15-16,20-21H2,1-8H3,(H,35,41)(H,36,39). The number of esters is 1. The highest BCUT2D eigenvalue weighted by Crippen LogP contribution is 2.34. The first-order valence-electron chi connectivity index (χ1n) is 15.0. The summed E-state index contributed by atoms with van der Waals surface area (Å²) in [6.45, 7) is 14.2. The maximum atomic E-state index is 14.3. The third kappa shape index (κ3) is 10.1. The minimum atomic E-state index is -1.03. The van der Waals surface area contributed by atoms with Crippen molar-refractivity contribution in [2.75, 3.05) is 6.54 Å². The van der Waals surface area contributed by atoms with Gasteiger partial charge < -0.3 is 25.0 Å². The first-order valence-corrected chi connectivity index (χ1v) is 15.0. The molecule has 2 aromatic carbocycles. The van der Waals surface area contributed by atoms with Crippen LogP contribution in [-0.2, 0) is 30.3 Å². The van der Waals surface area contributed by atoms with Crippen molar-refractivity contribution in [2.45, 2.75) is 110 Å². The smallest absolute Gasteiger partial charge is 0.408 e. The molecular formula is C34H47N3O6. The number of hydrogen-bond acceptors (Lipinski definition) is 6. The van der Waals surface area contributed by atoms with Crippen molar-refractivity contribution in [3.05, 3.63) is 70.8 Å².